The first-order chi connectivity index (χ1) is 7.72. The molecule has 0 aromatic carbocycles. The Kier molecular flexibility index (Phi) is 5.09. The molecule has 0 fully saturated rings. The van der Waals surface area contributed by atoms with Gasteiger partial charge in [-0.2, -0.15) is 0 Å². The van der Waals surface area contributed by atoms with Crippen molar-refractivity contribution in [3.8, 4) is 12.3 Å². The van der Waals surface area contributed by atoms with E-state index in [0.29, 0.717) is 0 Å². The Balaban J connectivity index is 2.20. The van der Waals surface area contributed by atoms with Gasteiger partial charge in [-0.05, 0) is 11.4 Å². The lowest BCUT2D eigenvalue weighted by atomic mass is 10.3. The van der Waals surface area contributed by atoms with Gasteiger partial charge in [-0.3, -0.25) is 9.59 Å². The van der Waals surface area contributed by atoms with Crippen molar-refractivity contribution in [1.29, 1.82) is 0 Å². The summed E-state index contributed by atoms with van der Waals surface area (Å²) in [5, 5.41) is 4.27. The van der Waals surface area contributed by atoms with Gasteiger partial charge in [0, 0.05) is 4.88 Å². The molecule has 0 aliphatic rings. The molecule has 1 N–H and O–H groups in total. The summed E-state index contributed by atoms with van der Waals surface area (Å²) >= 11 is 1.47. The fourth-order valence-corrected chi connectivity index (χ4v) is 1.64. The summed E-state index contributed by atoms with van der Waals surface area (Å²) in [7, 11) is 0. The number of hydrogen-bond donors (Lipinski definition) is 1. The van der Waals surface area contributed by atoms with Crippen LogP contribution in [-0.2, 0) is 20.7 Å². The summed E-state index contributed by atoms with van der Waals surface area (Å²) in [5.41, 5.74) is 0. The van der Waals surface area contributed by atoms with E-state index in [2.05, 4.69) is 11.2 Å². The molecule has 1 amide bonds. The number of carbonyl (C=O) groups excluding carboxylic acids is 2. The number of nitrogens with one attached hydrogen (secondary N) is 1. The minimum absolute atomic E-state index is 0.140. The van der Waals surface area contributed by atoms with Gasteiger partial charge < -0.3 is 10.1 Å². The van der Waals surface area contributed by atoms with Crippen LogP contribution >= 0.6 is 11.3 Å². The third-order valence-electron chi connectivity index (χ3n) is 1.65. The maximum Gasteiger partial charge on any atom is 0.311 e. The molecule has 0 atom stereocenters. The molecule has 0 spiro atoms. The summed E-state index contributed by atoms with van der Waals surface area (Å²) in [4.78, 5) is 23.2. The molecule has 1 heterocycles. The second-order valence-electron chi connectivity index (χ2n) is 2.90. The van der Waals surface area contributed by atoms with Gasteiger partial charge in [-0.1, -0.05) is 12.0 Å². The van der Waals surface area contributed by atoms with Gasteiger partial charge in [0.05, 0.1) is 13.0 Å². The van der Waals surface area contributed by atoms with Crippen LogP contribution in [0.25, 0.3) is 0 Å². The quantitative estimate of drug-likeness (QED) is 0.602. The Labute approximate surface area is 97.6 Å². The van der Waals surface area contributed by atoms with Crippen LogP contribution in [0.5, 0.6) is 0 Å². The van der Waals surface area contributed by atoms with Crippen LogP contribution in [-0.4, -0.2) is 25.0 Å². The van der Waals surface area contributed by atoms with E-state index in [9.17, 15) is 9.59 Å². The predicted molar refractivity (Wildman–Crippen MR) is 60.8 cm³/mol. The van der Waals surface area contributed by atoms with E-state index in [0.717, 1.165) is 4.88 Å². The number of thiophene rings is 1. The van der Waals surface area contributed by atoms with Gasteiger partial charge >= 0.3 is 5.97 Å². The number of terminal acetylenes is 1. The summed E-state index contributed by atoms with van der Waals surface area (Å²) < 4.78 is 4.76. The van der Waals surface area contributed by atoms with Gasteiger partial charge in [0.1, 0.15) is 0 Å². The maximum atomic E-state index is 11.3. The van der Waals surface area contributed by atoms with Crippen LogP contribution in [0.1, 0.15) is 4.88 Å². The van der Waals surface area contributed by atoms with Crippen molar-refractivity contribution >= 4 is 23.2 Å². The van der Waals surface area contributed by atoms with Crippen molar-refractivity contribution in [2.75, 3.05) is 13.2 Å². The highest BCUT2D eigenvalue weighted by molar-refractivity contribution is 7.10. The summed E-state index contributed by atoms with van der Waals surface area (Å²) in [6.45, 7) is -0.146. The summed E-state index contributed by atoms with van der Waals surface area (Å²) in [6, 6.07) is 3.69. The zero-order chi connectivity index (χ0) is 11.8. The van der Waals surface area contributed by atoms with Crippen molar-refractivity contribution < 1.29 is 14.3 Å². The number of amides is 1. The average molecular weight is 237 g/mol. The fraction of sp³-hybridized carbons (Fsp3) is 0.273. The van der Waals surface area contributed by atoms with E-state index in [1.165, 1.54) is 11.3 Å². The Hall–Kier alpha value is -1.80. The van der Waals surface area contributed by atoms with Crippen molar-refractivity contribution in [3.05, 3.63) is 22.4 Å². The SMILES string of the molecule is C#CCNC(=O)COC(=O)Cc1cccs1. The molecule has 0 bridgehead atoms. The van der Waals surface area contributed by atoms with Gasteiger partial charge in [-0.25, -0.2) is 0 Å². The Bertz CT molecular complexity index is 392. The molecule has 1 rings (SSSR count). The predicted octanol–water partition coefficient (Wildman–Crippen LogP) is 0.583. The molecule has 4 nitrogen and oxygen atoms in total. The molecule has 0 saturated heterocycles. The third kappa shape index (κ3) is 4.62. The van der Waals surface area contributed by atoms with Crippen molar-refractivity contribution in [1.82, 2.24) is 5.32 Å². The first kappa shape index (κ1) is 12.3. The second kappa shape index (κ2) is 6.64. The lowest BCUT2D eigenvalue weighted by Crippen LogP contribution is -2.29. The van der Waals surface area contributed by atoms with Crippen LogP contribution in [0.4, 0.5) is 0 Å². The van der Waals surface area contributed by atoms with Gasteiger partial charge in [0.2, 0.25) is 0 Å². The zero-order valence-corrected chi connectivity index (χ0v) is 9.38. The third-order valence-corrected chi connectivity index (χ3v) is 2.53. The topological polar surface area (TPSA) is 55.4 Å². The monoisotopic (exact) mass is 237 g/mol. The molecule has 1 aromatic heterocycles. The van der Waals surface area contributed by atoms with Crippen LogP contribution in [0.3, 0.4) is 0 Å². The van der Waals surface area contributed by atoms with Crippen molar-refractivity contribution in [2.24, 2.45) is 0 Å². The van der Waals surface area contributed by atoms with E-state index in [1.807, 2.05) is 17.5 Å². The summed E-state index contributed by atoms with van der Waals surface area (Å²) in [6.07, 6.45) is 5.15. The fourth-order valence-electron chi connectivity index (χ4n) is 0.953. The molecule has 0 saturated carbocycles. The van der Waals surface area contributed by atoms with Gasteiger partial charge in [-0.15, -0.1) is 17.8 Å². The minimum Gasteiger partial charge on any atom is -0.455 e. The molecule has 84 valence electrons. The van der Waals surface area contributed by atoms with Crippen LogP contribution < -0.4 is 5.32 Å². The molecular weight excluding hydrogens is 226 g/mol. The highest BCUT2D eigenvalue weighted by atomic mass is 32.1. The van der Waals surface area contributed by atoms with E-state index >= 15 is 0 Å². The second-order valence-corrected chi connectivity index (χ2v) is 3.93. The van der Waals surface area contributed by atoms with Gasteiger partial charge in [0.15, 0.2) is 6.61 Å². The molecule has 0 aliphatic heterocycles. The Morgan fingerprint density at radius 1 is 1.56 bits per heavy atom. The molecule has 5 heteroatoms. The lowest BCUT2D eigenvalue weighted by molar-refractivity contribution is -0.147. The number of esters is 1. The van der Waals surface area contributed by atoms with Crippen molar-refractivity contribution in [2.45, 2.75) is 6.42 Å². The lowest BCUT2D eigenvalue weighted by Gasteiger charge is -2.03. The maximum absolute atomic E-state index is 11.3. The smallest absolute Gasteiger partial charge is 0.311 e. The van der Waals surface area contributed by atoms with E-state index in [4.69, 9.17) is 11.2 Å². The average Bonchev–Trinajstić information content (AvgIpc) is 2.76. The number of rotatable bonds is 5. The normalized spacial score (nSPS) is 9.19. The molecule has 0 unspecified atom stereocenters. The standard InChI is InChI=1S/C11H11NO3S/c1-2-5-12-10(13)8-15-11(14)7-9-4-3-6-16-9/h1,3-4,6H,5,7-8H2,(H,12,13). The Morgan fingerprint density at radius 3 is 3.00 bits per heavy atom. The number of ether oxygens (including phenoxy) is 1. The summed E-state index contributed by atoms with van der Waals surface area (Å²) in [5.74, 6) is 1.44. The van der Waals surface area contributed by atoms with E-state index in [-0.39, 0.29) is 19.6 Å². The van der Waals surface area contributed by atoms with E-state index < -0.39 is 11.9 Å². The molecule has 16 heavy (non-hydrogen) atoms. The molecule has 0 aliphatic carbocycles. The first-order valence-electron chi connectivity index (χ1n) is 4.60. The minimum atomic E-state index is -0.418. The molecule has 0 radical (unpaired) electrons. The highest BCUT2D eigenvalue weighted by Crippen LogP contribution is 2.09. The zero-order valence-electron chi connectivity index (χ0n) is 8.56. The van der Waals surface area contributed by atoms with Crippen LogP contribution in [0, 0.1) is 12.3 Å². The largest absolute Gasteiger partial charge is 0.455 e. The van der Waals surface area contributed by atoms with Gasteiger partial charge in [0.25, 0.3) is 5.91 Å². The Morgan fingerprint density at radius 2 is 2.38 bits per heavy atom. The van der Waals surface area contributed by atoms with Crippen LogP contribution in [0.15, 0.2) is 17.5 Å². The molecule has 1 aromatic rings. The highest BCUT2D eigenvalue weighted by Gasteiger charge is 2.08. The van der Waals surface area contributed by atoms with E-state index in [1.54, 1.807) is 0 Å². The van der Waals surface area contributed by atoms with Crippen molar-refractivity contribution in [3.63, 3.8) is 0 Å². The number of hydrogen-bond acceptors (Lipinski definition) is 4. The first-order valence-corrected chi connectivity index (χ1v) is 5.48. The number of carbonyl (C=O) groups is 2. The molecular formula is C11H11NO3S. The van der Waals surface area contributed by atoms with Crippen LogP contribution in [0.2, 0.25) is 0 Å².